The van der Waals surface area contributed by atoms with E-state index in [1.165, 1.54) is 37.3 Å². The van der Waals surface area contributed by atoms with E-state index in [2.05, 4.69) is 38.2 Å². The summed E-state index contributed by atoms with van der Waals surface area (Å²) in [5, 5.41) is 39.8. The van der Waals surface area contributed by atoms with Gasteiger partial charge in [0.2, 0.25) is 0 Å². The van der Waals surface area contributed by atoms with E-state index in [0.29, 0.717) is 48.0 Å². The van der Waals surface area contributed by atoms with Crippen molar-refractivity contribution in [2.75, 3.05) is 6.61 Å². The molecule has 0 radical (unpaired) electrons. The van der Waals surface area contributed by atoms with Crippen LogP contribution in [-0.2, 0) is 0 Å². The smallest absolute Gasteiger partial charge is 0.0813 e. The van der Waals surface area contributed by atoms with E-state index in [9.17, 15) is 15.3 Å². The second-order valence-electron chi connectivity index (χ2n) is 11.3. The van der Waals surface area contributed by atoms with Crippen LogP contribution in [0, 0.1) is 23.2 Å². The lowest BCUT2D eigenvalue weighted by molar-refractivity contribution is 0.0832. The van der Waals surface area contributed by atoms with Crippen LogP contribution in [0.4, 0.5) is 0 Å². The summed E-state index contributed by atoms with van der Waals surface area (Å²) in [5.41, 5.74) is 2.82. The third-order valence-corrected chi connectivity index (χ3v) is 8.27. The van der Waals surface area contributed by atoms with Crippen LogP contribution in [0.25, 0.3) is 0 Å². The van der Waals surface area contributed by atoms with Crippen molar-refractivity contribution in [2.45, 2.75) is 96.9 Å². The minimum atomic E-state index is -0.709. The Morgan fingerprint density at radius 3 is 2.44 bits per heavy atom. The summed E-state index contributed by atoms with van der Waals surface area (Å²) in [4.78, 5) is 0. The molecule has 4 nitrogen and oxygen atoms in total. The quantitative estimate of drug-likeness (QED) is 0.442. The third kappa shape index (κ3) is 5.83. The van der Waals surface area contributed by atoms with Crippen molar-refractivity contribution >= 4 is 0 Å². The van der Waals surface area contributed by atoms with E-state index < -0.39 is 17.8 Å². The largest absolute Gasteiger partial charge is 0.392 e. The van der Waals surface area contributed by atoms with Gasteiger partial charge in [-0.15, -0.1) is 0 Å². The summed E-state index contributed by atoms with van der Waals surface area (Å²) in [6.45, 7) is 8.38. The molecule has 4 unspecified atom stereocenters. The molecule has 3 aliphatic rings. The predicted octanol–water partition coefficient (Wildman–Crippen LogP) is 4.84. The highest BCUT2D eigenvalue weighted by Gasteiger charge is 2.50. The van der Waals surface area contributed by atoms with Gasteiger partial charge in [0.15, 0.2) is 0 Å². The van der Waals surface area contributed by atoms with Crippen LogP contribution in [-0.4, -0.2) is 44.8 Å². The molecule has 3 aliphatic carbocycles. The van der Waals surface area contributed by atoms with Crippen molar-refractivity contribution < 1.29 is 20.4 Å². The number of rotatable bonds is 6. The highest BCUT2D eigenvalue weighted by Crippen LogP contribution is 2.59. The maximum absolute atomic E-state index is 10.4. The standard InChI is InChI=1S/C28H44O4/c1-19(7-5-14-27(2,3)32)23-11-12-24-21(8-6-15-28(23,24)4)10-9-20-17-25(30)22(13-16-29)26(31)18-20/h5,7,9-10,13,19,23-26,29-32H,6,8,11-12,14-18H2,1-4H3/b7-5+,20-9?,21-10+,22-13?/t19-,23?,24?,25-,26?,28?/m1/s1. The Hall–Kier alpha value is -1.20. The average Bonchev–Trinajstić information content (AvgIpc) is 3.05. The fraction of sp³-hybridized carbons (Fsp3) is 0.714. The van der Waals surface area contributed by atoms with E-state index in [1.54, 1.807) is 0 Å². The molecule has 4 heteroatoms. The molecular weight excluding hydrogens is 400 g/mol. The third-order valence-electron chi connectivity index (χ3n) is 8.27. The first-order chi connectivity index (χ1) is 15.0. The second kappa shape index (κ2) is 10.4. The molecule has 3 saturated carbocycles. The van der Waals surface area contributed by atoms with E-state index >= 15 is 0 Å². The van der Waals surface area contributed by atoms with E-state index in [0.717, 1.165) is 12.0 Å². The van der Waals surface area contributed by atoms with Crippen LogP contribution in [0.2, 0.25) is 0 Å². The molecule has 4 N–H and O–H groups in total. The molecule has 0 aromatic heterocycles. The molecule has 0 aromatic carbocycles. The van der Waals surface area contributed by atoms with Crippen molar-refractivity contribution in [3.8, 4) is 0 Å². The van der Waals surface area contributed by atoms with Gasteiger partial charge in [0, 0.05) is 0 Å². The number of allylic oxidation sites excluding steroid dienone is 4. The Kier molecular flexibility index (Phi) is 8.25. The lowest BCUT2D eigenvalue weighted by Crippen LogP contribution is -2.35. The molecule has 0 spiro atoms. The molecule has 32 heavy (non-hydrogen) atoms. The molecule has 0 heterocycles. The number of fused-ring (bicyclic) bond motifs is 1. The Morgan fingerprint density at radius 1 is 1.12 bits per heavy atom. The van der Waals surface area contributed by atoms with Crippen LogP contribution < -0.4 is 0 Å². The molecule has 3 fully saturated rings. The summed E-state index contributed by atoms with van der Waals surface area (Å²) >= 11 is 0. The molecule has 0 amide bonds. The number of hydrogen-bond donors (Lipinski definition) is 4. The van der Waals surface area contributed by atoms with E-state index in [1.807, 2.05) is 13.8 Å². The van der Waals surface area contributed by atoms with Crippen LogP contribution >= 0.6 is 0 Å². The van der Waals surface area contributed by atoms with Gasteiger partial charge in [-0.25, -0.2) is 0 Å². The summed E-state index contributed by atoms with van der Waals surface area (Å²) in [6.07, 6.45) is 16.9. The maximum Gasteiger partial charge on any atom is 0.0813 e. The summed E-state index contributed by atoms with van der Waals surface area (Å²) in [6, 6.07) is 0. The van der Waals surface area contributed by atoms with E-state index in [4.69, 9.17) is 5.11 Å². The average molecular weight is 445 g/mol. The van der Waals surface area contributed by atoms with Crippen LogP contribution in [0.1, 0.15) is 79.1 Å². The molecule has 0 bridgehead atoms. The Labute approximate surface area is 194 Å². The first kappa shape index (κ1) is 25.4. The number of hydrogen-bond acceptors (Lipinski definition) is 4. The van der Waals surface area contributed by atoms with Crippen molar-refractivity contribution in [3.05, 3.63) is 47.1 Å². The fourth-order valence-corrected chi connectivity index (χ4v) is 6.62. The lowest BCUT2D eigenvalue weighted by Gasteiger charge is -2.44. The van der Waals surface area contributed by atoms with Crippen molar-refractivity contribution in [2.24, 2.45) is 23.2 Å². The van der Waals surface area contributed by atoms with Gasteiger partial charge in [-0.1, -0.05) is 55.4 Å². The second-order valence-corrected chi connectivity index (χ2v) is 11.3. The van der Waals surface area contributed by atoms with Gasteiger partial charge in [-0.2, -0.15) is 0 Å². The van der Waals surface area contributed by atoms with Crippen molar-refractivity contribution in [1.82, 2.24) is 0 Å². The Morgan fingerprint density at radius 2 is 1.81 bits per heavy atom. The molecule has 0 aliphatic heterocycles. The molecule has 6 atom stereocenters. The fourth-order valence-electron chi connectivity index (χ4n) is 6.62. The zero-order valence-electron chi connectivity index (χ0n) is 20.4. The molecule has 0 saturated heterocycles. The number of aliphatic hydroxyl groups excluding tert-OH is 3. The highest BCUT2D eigenvalue weighted by atomic mass is 16.3. The summed E-state index contributed by atoms with van der Waals surface area (Å²) < 4.78 is 0. The lowest BCUT2D eigenvalue weighted by atomic mass is 9.61. The highest BCUT2D eigenvalue weighted by molar-refractivity contribution is 5.30. The van der Waals surface area contributed by atoms with Crippen molar-refractivity contribution in [1.29, 1.82) is 0 Å². The number of aliphatic hydroxyl groups is 4. The normalized spacial score (nSPS) is 38.7. The topological polar surface area (TPSA) is 80.9 Å². The zero-order valence-corrected chi connectivity index (χ0v) is 20.4. The van der Waals surface area contributed by atoms with Gasteiger partial charge in [0.1, 0.15) is 0 Å². The predicted molar refractivity (Wildman–Crippen MR) is 130 cm³/mol. The van der Waals surface area contributed by atoms with Crippen LogP contribution in [0.15, 0.2) is 47.1 Å². The van der Waals surface area contributed by atoms with Crippen molar-refractivity contribution in [3.63, 3.8) is 0 Å². The maximum atomic E-state index is 10.4. The van der Waals surface area contributed by atoms with Gasteiger partial charge in [-0.05, 0) is 94.0 Å². The SMILES string of the molecule is C[C@H](/C=C/CC(C)(C)O)C1CCC2/C(=C/C=C3CC(O)C(=CCO)[C@H](O)C3)CCCC21C. The monoisotopic (exact) mass is 444 g/mol. The first-order valence-electron chi connectivity index (χ1n) is 12.5. The van der Waals surface area contributed by atoms with Gasteiger partial charge >= 0.3 is 0 Å². The van der Waals surface area contributed by atoms with Crippen LogP contribution in [0.3, 0.4) is 0 Å². The molecule has 180 valence electrons. The van der Waals surface area contributed by atoms with Gasteiger partial charge in [0.05, 0.1) is 24.4 Å². The first-order valence-corrected chi connectivity index (χ1v) is 12.5. The minimum absolute atomic E-state index is 0.153. The Balaban J connectivity index is 1.71. The van der Waals surface area contributed by atoms with Gasteiger partial charge in [-0.3, -0.25) is 0 Å². The minimum Gasteiger partial charge on any atom is -0.392 e. The molecular formula is C28H44O4. The zero-order chi connectivity index (χ0) is 23.5. The summed E-state index contributed by atoms with van der Waals surface area (Å²) in [5.74, 6) is 1.77. The Bertz CT molecular complexity index is 753. The molecule has 0 aromatic rings. The molecule has 3 rings (SSSR count). The van der Waals surface area contributed by atoms with Crippen LogP contribution in [0.5, 0.6) is 0 Å². The van der Waals surface area contributed by atoms with Gasteiger partial charge in [0.25, 0.3) is 0 Å². The van der Waals surface area contributed by atoms with Gasteiger partial charge < -0.3 is 20.4 Å². The van der Waals surface area contributed by atoms with E-state index in [-0.39, 0.29) is 6.61 Å². The summed E-state index contributed by atoms with van der Waals surface area (Å²) in [7, 11) is 0.